The highest BCUT2D eigenvalue weighted by molar-refractivity contribution is 9.10. The molecule has 6 heteroatoms. The summed E-state index contributed by atoms with van der Waals surface area (Å²) in [5.41, 5.74) is 0.764. The van der Waals surface area contributed by atoms with Crippen molar-refractivity contribution in [2.75, 3.05) is 11.9 Å². The van der Waals surface area contributed by atoms with Gasteiger partial charge in [-0.2, -0.15) is 0 Å². The van der Waals surface area contributed by atoms with E-state index >= 15 is 0 Å². The van der Waals surface area contributed by atoms with Crippen LogP contribution in [0.4, 0.5) is 14.5 Å². The summed E-state index contributed by atoms with van der Waals surface area (Å²) in [6.07, 6.45) is -1.09. The van der Waals surface area contributed by atoms with Crippen LogP contribution in [-0.2, 0) is 0 Å². The third kappa shape index (κ3) is 3.69. The van der Waals surface area contributed by atoms with E-state index in [9.17, 15) is 13.9 Å². The first-order valence-electron chi connectivity index (χ1n) is 5.79. The number of benzene rings is 2. The quantitative estimate of drug-likeness (QED) is 0.838. The second-order valence-corrected chi connectivity index (χ2v) is 5.48. The minimum absolute atomic E-state index is 0.0454. The first-order valence-corrected chi connectivity index (χ1v) is 6.96. The third-order valence-electron chi connectivity index (χ3n) is 2.74. The Morgan fingerprint density at radius 1 is 1.20 bits per heavy atom. The molecule has 0 aliphatic carbocycles. The Labute approximate surface area is 128 Å². The van der Waals surface area contributed by atoms with E-state index < -0.39 is 17.7 Å². The van der Waals surface area contributed by atoms with Crippen molar-refractivity contribution in [1.82, 2.24) is 0 Å². The highest BCUT2D eigenvalue weighted by atomic mass is 79.9. The van der Waals surface area contributed by atoms with Gasteiger partial charge in [-0.05, 0) is 40.2 Å². The molecule has 20 heavy (non-hydrogen) atoms. The van der Waals surface area contributed by atoms with Crippen LogP contribution in [0.3, 0.4) is 0 Å². The van der Waals surface area contributed by atoms with E-state index in [4.69, 9.17) is 11.6 Å². The lowest BCUT2D eigenvalue weighted by Gasteiger charge is -2.15. The number of halogens is 4. The van der Waals surface area contributed by atoms with Crippen LogP contribution < -0.4 is 5.32 Å². The molecule has 0 aliphatic rings. The smallest absolute Gasteiger partial charge is 0.131 e. The zero-order chi connectivity index (χ0) is 14.7. The molecule has 0 fully saturated rings. The monoisotopic (exact) mass is 361 g/mol. The highest BCUT2D eigenvalue weighted by Crippen LogP contribution is 2.27. The molecular formula is C14H11BrClF2NO. The Balaban J connectivity index is 2.06. The van der Waals surface area contributed by atoms with Gasteiger partial charge < -0.3 is 10.4 Å². The zero-order valence-electron chi connectivity index (χ0n) is 10.2. The molecule has 1 unspecified atom stereocenters. The minimum atomic E-state index is -1.09. The molecule has 106 valence electrons. The van der Waals surface area contributed by atoms with E-state index in [2.05, 4.69) is 21.2 Å². The molecule has 1 atom stereocenters. The van der Waals surface area contributed by atoms with Gasteiger partial charge in [-0.1, -0.05) is 17.7 Å². The topological polar surface area (TPSA) is 32.3 Å². The van der Waals surface area contributed by atoms with Gasteiger partial charge in [-0.3, -0.25) is 0 Å². The van der Waals surface area contributed by atoms with Gasteiger partial charge >= 0.3 is 0 Å². The van der Waals surface area contributed by atoms with Gasteiger partial charge in [-0.15, -0.1) is 0 Å². The molecule has 0 aromatic heterocycles. The van der Waals surface area contributed by atoms with E-state index in [1.54, 1.807) is 18.2 Å². The Kier molecular flexibility index (Phi) is 4.96. The minimum Gasteiger partial charge on any atom is -0.386 e. The van der Waals surface area contributed by atoms with E-state index in [1.807, 2.05) is 0 Å². The Morgan fingerprint density at radius 2 is 1.95 bits per heavy atom. The lowest BCUT2D eigenvalue weighted by atomic mass is 10.1. The summed E-state index contributed by atoms with van der Waals surface area (Å²) in [6.45, 7) is 0.0861. The fourth-order valence-corrected chi connectivity index (χ4v) is 2.54. The predicted molar refractivity (Wildman–Crippen MR) is 79.0 cm³/mol. The van der Waals surface area contributed by atoms with Gasteiger partial charge in [0, 0.05) is 33.4 Å². The SMILES string of the molecule is OC(CNc1ccc(Cl)cc1Br)c1ccc(F)cc1F. The number of anilines is 1. The lowest BCUT2D eigenvalue weighted by molar-refractivity contribution is 0.186. The van der Waals surface area contributed by atoms with Gasteiger partial charge in [0.2, 0.25) is 0 Å². The largest absolute Gasteiger partial charge is 0.386 e. The van der Waals surface area contributed by atoms with Crippen LogP contribution in [0, 0.1) is 11.6 Å². The van der Waals surface area contributed by atoms with E-state index in [0.29, 0.717) is 5.02 Å². The summed E-state index contributed by atoms with van der Waals surface area (Å²) < 4.78 is 27.0. The summed E-state index contributed by atoms with van der Waals surface area (Å²) in [5.74, 6) is -1.44. The molecule has 2 aromatic rings. The fraction of sp³-hybridized carbons (Fsp3) is 0.143. The van der Waals surface area contributed by atoms with Crippen LogP contribution in [0.2, 0.25) is 5.02 Å². The number of nitrogens with one attached hydrogen (secondary N) is 1. The second kappa shape index (κ2) is 6.52. The average molecular weight is 363 g/mol. The maximum atomic E-state index is 13.5. The van der Waals surface area contributed by atoms with Crippen molar-refractivity contribution in [3.05, 3.63) is 63.1 Å². The van der Waals surface area contributed by atoms with Crippen molar-refractivity contribution < 1.29 is 13.9 Å². The summed E-state index contributed by atoms with van der Waals surface area (Å²) >= 11 is 9.14. The molecule has 2 aromatic carbocycles. The molecule has 0 heterocycles. The van der Waals surface area contributed by atoms with Crippen molar-refractivity contribution >= 4 is 33.2 Å². The lowest BCUT2D eigenvalue weighted by Crippen LogP contribution is -2.13. The molecule has 2 nitrogen and oxygen atoms in total. The molecule has 0 radical (unpaired) electrons. The number of rotatable bonds is 4. The van der Waals surface area contributed by atoms with Crippen LogP contribution in [0.25, 0.3) is 0 Å². The summed E-state index contributed by atoms with van der Waals surface area (Å²) in [7, 11) is 0. The number of aliphatic hydroxyl groups is 1. The average Bonchev–Trinajstić information content (AvgIpc) is 2.37. The maximum Gasteiger partial charge on any atom is 0.131 e. The summed E-state index contributed by atoms with van der Waals surface area (Å²) in [5, 5.41) is 13.5. The van der Waals surface area contributed by atoms with Crippen LogP contribution in [0.1, 0.15) is 11.7 Å². The van der Waals surface area contributed by atoms with Crippen molar-refractivity contribution in [3.8, 4) is 0 Å². The predicted octanol–water partition coefficient (Wildman–Crippen LogP) is 4.53. The van der Waals surface area contributed by atoms with Crippen molar-refractivity contribution in [2.24, 2.45) is 0 Å². The standard InChI is InChI=1S/C14H11BrClF2NO/c15-11-5-8(16)1-4-13(11)19-7-14(20)10-3-2-9(17)6-12(10)18/h1-6,14,19-20H,7H2. The van der Waals surface area contributed by atoms with Crippen LogP contribution in [-0.4, -0.2) is 11.7 Å². The van der Waals surface area contributed by atoms with Crippen LogP contribution in [0.15, 0.2) is 40.9 Å². The second-order valence-electron chi connectivity index (χ2n) is 4.19. The summed E-state index contributed by atoms with van der Waals surface area (Å²) in [4.78, 5) is 0. The van der Waals surface area contributed by atoms with Gasteiger partial charge in [0.05, 0.1) is 6.10 Å². The Bertz CT molecular complexity index is 624. The zero-order valence-corrected chi connectivity index (χ0v) is 12.5. The maximum absolute atomic E-state index is 13.5. The fourth-order valence-electron chi connectivity index (χ4n) is 1.72. The number of aliphatic hydroxyl groups excluding tert-OH is 1. The summed E-state index contributed by atoms with van der Waals surface area (Å²) in [6, 6.07) is 8.22. The Morgan fingerprint density at radius 3 is 2.60 bits per heavy atom. The highest BCUT2D eigenvalue weighted by Gasteiger charge is 2.13. The van der Waals surface area contributed by atoms with Crippen molar-refractivity contribution in [2.45, 2.75) is 6.10 Å². The van der Waals surface area contributed by atoms with Crippen LogP contribution >= 0.6 is 27.5 Å². The van der Waals surface area contributed by atoms with E-state index in [1.165, 1.54) is 6.07 Å². The molecule has 0 spiro atoms. The Hall–Kier alpha value is -1.17. The van der Waals surface area contributed by atoms with Crippen molar-refractivity contribution in [3.63, 3.8) is 0 Å². The van der Waals surface area contributed by atoms with Gasteiger partial charge in [0.1, 0.15) is 11.6 Å². The van der Waals surface area contributed by atoms with Crippen LogP contribution in [0.5, 0.6) is 0 Å². The van der Waals surface area contributed by atoms with E-state index in [-0.39, 0.29) is 12.1 Å². The molecule has 0 aliphatic heterocycles. The van der Waals surface area contributed by atoms with Gasteiger partial charge in [-0.25, -0.2) is 8.78 Å². The first kappa shape index (κ1) is 15.2. The molecule has 0 saturated carbocycles. The molecule has 0 bridgehead atoms. The third-order valence-corrected chi connectivity index (χ3v) is 3.63. The molecule has 0 amide bonds. The molecule has 2 N–H and O–H groups in total. The van der Waals surface area contributed by atoms with Gasteiger partial charge in [0.25, 0.3) is 0 Å². The number of hydrogen-bond acceptors (Lipinski definition) is 2. The van der Waals surface area contributed by atoms with Crippen molar-refractivity contribution in [1.29, 1.82) is 0 Å². The number of hydrogen-bond donors (Lipinski definition) is 2. The van der Waals surface area contributed by atoms with Gasteiger partial charge in [0.15, 0.2) is 0 Å². The normalized spacial score (nSPS) is 12.2. The molecule has 0 saturated heterocycles. The van der Waals surface area contributed by atoms with E-state index in [0.717, 1.165) is 22.3 Å². The molecular weight excluding hydrogens is 352 g/mol. The first-order chi connectivity index (χ1) is 9.47. The molecule has 2 rings (SSSR count).